The summed E-state index contributed by atoms with van der Waals surface area (Å²) >= 11 is 12.0. The predicted octanol–water partition coefficient (Wildman–Crippen LogP) is 5.01. The van der Waals surface area contributed by atoms with E-state index >= 15 is 0 Å². The molecule has 0 saturated heterocycles. The van der Waals surface area contributed by atoms with E-state index in [0.29, 0.717) is 33.3 Å². The molecule has 1 atom stereocenters. The lowest BCUT2D eigenvalue weighted by atomic mass is 10.0. The highest BCUT2D eigenvalue weighted by Gasteiger charge is 2.22. The second kappa shape index (κ2) is 8.37. The van der Waals surface area contributed by atoms with Gasteiger partial charge in [0.2, 0.25) is 5.91 Å². The molecule has 0 saturated carbocycles. The van der Waals surface area contributed by atoms with Crippen LogP contribution >= 0.6 is 23.2 Å². The molecule has 0 fully saturated rings. The predicted molar refractivity (Wildman–Crippen MR) is 107 cm³/mol. The molecular weight excluding hydrogens is 385 g/mol. The van der Waals surface area contributed by atoms with Gasteiger partial charge in [-0.2, -0.15) is 5.10 Å². The van der Waals surface area contributed by atoms with E-state index in [9.17, 15) is 9.59 Å². The fraction of sp³-hybridized carbons (Fsp3) is 0.150. The first kappa shape index (κ1) is 19.1. The highest BCUT2D eigenvalue weighted by atomic mass is 35.5. The van der Waals surface area contributed by atoms with Crippen LogP contribution < -0.4 is 5.32 Å². The number of ketones is 1. The number of aromatic nitrogens is 2. The van der Waals surface area contributed by atoms with Gasteiger partial charge in [-0.15, -0.1) is 0 Å². The minimum atomic E-state index is -0.548. The summed E-state index contributed by atoms with van der Waals surface area (Å²) in [5.41, 5.74) is 1.24. The Kier molecular flexibility index (Phi) is 5.94. The van der Waals surface area contributed by atoms with Crippen LogP contribution in [0, 0.1) is 0 Å². The Bertz CT molecular complexity index is 970. The van der Waals surface area contributed by atoms with Crippen LogP contribution in [0.2, 0.25) is 10.0 Å². The summed E-state index contributed by atoms with van der Waals surface area (Å²) in [6.45, 7) is 1.87. The molecule has 1 unspecified atom stereocenters. The maximum Gasteiger partial charge on any atom is 0.249 e. The molecule has 1 N–H and O–H groups in total. The molecule has 3 aromatic rings. The van der Waals surface area contributed by atoms with Gasteiger partial charge in [0, 0.05) is 22.3 Å². The van der Waals surface area contributed by atoms with E-state index in [-0.39, 0.29) is 11.7 Å². The molecule has 1 aromatic heterocycles. The third-order valence-electron chi connectivity index (χ3n) is 4.10. The Morgan fingerprint density at radius 3 is 2.48 bits per heavy atom. The molecule has 0 spiro atoms. The summed E-state index contributed by atoms with van der Waals surface area (Å²) in [4.78, 5) is 25.7. The number of amides is 1. The van der Waals surface area contributed by atoms with Crippen LogP contribution in [0.5, 0.6) is 0 Å². The molecule has 0 radical (unpaired) electrons. The SMILES string of the molecule is CCC(C(=O)Nc1ccc(Cl)cc1C(=O)c1ccccc1)n1cc(Cl)cn1. The zero-order valence-electron chi connectivity index (χ0n) is 14.5. The van der Waals surface area contributed by atoms with Crippen molar-refractivity contribution in [2.24, 2.45) is 0 Å². The fourth-order valence-corrected chi connectivity index (χ4v) is 3.07. The summed E-state index contributed by atoms with van der Waals surface area (Å²) in [5, 5.41) is 7.80. The number of benzene rings is 2. The Labute approximate surface area is 166 Å². The van der Waals surface area contributed by atoms with Gasteiger partial charge in [0.05, 0.1) is 16.9 Å². The summed E-state index contributed by atoms with van der Waals surface area (Å²) in [5.74, 6) is -0.509. The molecule has 138 valence electrons. The zero-order chi connectivity index (χ0) is 19.4. The second-order valence-corrected chi connectivity index (χ2v) is 6.81. The quantitative estimate of drug-likeness (QED) is 0.590. The van der Waals surface area contributed by atoms with Crippen LogP contribution in [0.4, 0.5) is 5.69 Å². The third kappa shape index (κ3) is 4.38. The summed E-state index contributed by atoms with van der Waals surface area (Å²) in [7, 11) is 0. The molecule has 0 aliphatic rings. The normalized spacial score (nSPS) is 11.8. The second-order valence-electron chi connectivity index (χ2n) is 5.94. The number of hydrogen-bond acceptors (Lipinski definition) is 3. The number of carbonyl (C=O) groups excluding carboxylic acids is 2. The summed E-state index contributed by atoms with van der Waals surface area (Å²) in [6, 6.07) is 13.1. The number of anilines is 1. The van der Waals surface area contributed by atoms with Gasteiger partial charge in [0.25, 0.3) is 0 Å². The molecule has 3 rings (SSSR count). The minimum Gasteiger partial charge on any atom is -0.324 e. The van der Waals surface area contributed by atoms with Crippen molar-refractivity contribution < 1.29 is 9.59 Å². The van der Waals surface area contributed by atoms with Crippen LogP contribution in [-0.2, 0) is 4.79 Å². The summed E-state index contributed by atoms with van der Waals surface area (Å²) < 4.78 is 1.51. The third-order valence-corrected chi connectivity index (χ3v) is 4.53. The lowest BCUT2D eigenvalue weighted by molar-refractivity contribution is -0.119. The minimum absolute atomic E-state index is 0.219. The number of carbonyl (C=O) groups is 2. The van der Waals surface area contributed by atoms with Gasteiger partial charge in [-0.25, -0.2) is 0 Å². The van der Waals surface area contributed by atoms with Gasteiger partial charge >= 0.3 is 0 Å². The van der Waals surface area contributed by atoms with Crippen LogP contribution in [0.15, 0.2) is 60.9 Å². The molecular formula is C20H17Cl2N3O2. The molecule has 0 aliphatic heterocycles. The first-order valence-electron chi connectivity index (χ1n) is 8.39. The van der Waals surface area contributed by atoms with Crippen LogP contribution in [-0.4, -0.2) is 21.5 Å². The maximum absolute atomic E-state index is 12.9. The Morgan fingerprint density at radius 2 is 1.85 bits per heavy atom. The van der Waals surface area contributed by atoms with E-state index in [2.05, 4.69) is 10.4 Å². The van der Waals surface area contributed by atoms with Crippen molar-refractivity contribution >= 4 is 40.6 Å². The number of hydrogen-bond donors (Lipinski definition) is 1. The number of rotatable bonds is 6. The van der Waals surface area contributed by atoms with E-state index in [0.717, 1.165) is 0 Å². The average Bonchev–Trinajstić information content (AvgIpc) is 3.10. The zero-order valence-corrected chi connectivity index (χ0v) is 16.0. The Balaban J connectivity index is 1.90. The van der Waals surface area contributed by atoms with Crippen molar-refractivity contribution in [2.75, 3.05) is 5.32 Å². The molecule has 0 bridgehead atoms. The fourth-order valence-electron chi connectivity index (χ4n) is 2.75. The monoisotopic (exact) mass is 401 g/mol. The standard InChI is InChI=1S/C20H17Cl2N3O2/c1-2-18(25-12-15(22)11-23-25)20(27)24-17-9-8-14(21)10-16(17)19(26)13-6-4-3-5-7-13/h3-12,18H,2H2,1H3,(H,24,27). The molecule has 1 heterocycles. The van der Waals surface area contributed by atoms with Crippen molar-refractivity contribution in [1.29, 1.82) is 0 Å². The van der Waals surface area contributed by atoms with Gasteiger partial charge in [0.1, 0.15) is 6.04 Å². The van der Waals surface area contributed by atoms with Crippen molar-refractivity contribution in [3.8, 4) is 0 Å². The molecule has 5 nitrogen and oxygen atoms in total. The van der Waals surface area contributed by atoms with Gasteiger partial charge in [0.15, 0.2) is 5.78 Å². The number of nitrogens with one attached hydrogen (secondary N) is 1. The lowest BCUT2D eigenvalue weighted by Gasteiger charge is -2.17. The Hall–Kier alpha value is -2.63. The van der Waals surface area contributed by atoms with E-state index < -0.39 is 6.04 Å². The molecule has 0 aliphatic carbocycles. The van der Waals surface area contributed by atoms with E-state index in [4.69, 9.17) is 23.2 Å². The topological polar surface area (TPSA) is 64.0 Å². The Morgan fingerprint density at radius 1 is 1.11 bits per heavy atom. The largest absolute Gasteiger partial charge is 0.324 e. The van der Waals surface area contributed by atoms with E-state index in [1.54, 1.807) is 48.7 Å². The van der Waals surface area contributed by atoms with E-state index in [1.807, 2.05) is 13.0 Å². The summed E-state index contributed by atoms with van der Waals surface area (Å²) in [6.07, 6.45) is 3.58. The van der Waals surface area contributed by atoms with Gasteiger partial charge < -0.3 is 5.32 Å². The smallest absolute Gasteiger partial charge is 0.249 e. The van der Waals surface area contributed by atoms with Crippen molar-refractivity contribution in [2.45, 2.75) is 19.4 Å². The lowest BCUT2D eigenvalue weighted by Crippen LogP contribution is -2.26. The average molecular weight is 402 g/mol. The first-order chi connectivity index (χ1) is 13.0. The van der Waals surface area contributed by atoms with Crippen LogP contribution in [0.3, 0.4) is 0 Å². The molecule has 7 heteroatoms. The van der Waals surface area contributed by atoms with Crippen LogP contribution in [0.25, 0.3) is 0 Å². The molecule has 2 aromatic carbocycles. The van der Waals surface area contributed by atoms with E-state index in [1.165, 1.54) is 10.9 Å². The van der Waals surface area contributed by atoms with Gasteiger partial charge in [-0.05, 0) is 24.6 Å². The number of nitrogens with zero attached hydrogens (tertiary/aromatic N) is 2. The van der Waals surface area contributed by atoms with Gasteiger partial charge in [-0.1, -0.05) is 60.5 Å². The number of halogens is 2. The maximum atomic E-state index is 12.9. The van der Waals surface area contributed by atoms with Crippen molar-refractivity contribution in [1.82, 2.24) is 9.78 Å². The van der Waals surface area contributed by atoms with Crippen LogP contribution in [0.1, 0.15) is 35.3 Å². The highest BCUT2D eigenvalue weighted by molar-refractivity contribution is 6.31. The molecule has 1 amide bonds. The molecule has 27 heavy (non-hydrogen) atoms. The highest BCUT2D eigenvalue weighted by Crippen LogP contribution is 2.25. The van der Waals surface area contributed by atoms with Crippen molar-refractivity contribution in [3.63, 3.8) is 0 Å². The first-order valence-corrected chi connectivity index (χ1v) is 9.15. The van der Waals surface area contributed by atoms with Crippen molar-refractivity contribution in [3.05, 3.63) is 82.1 Å². The van der Waals surface area contributed by atoms with Gasteiger partial charge in [-0.3, -0.25) is 14.3 Å².